The third-order valence-electron chi connectivity index (χ3n) is 7.38. The molecule has 0 saturated carbocycles. The molecule has 3 aromatic rings. The number of thiophene rings is 1. The van der Waals surface area contributed by atoms with Crippen LogP contribution in [0.3, 0.4) is 0 Å². The van der Waals surface area contributed by atoms with Gasteiger partial charge in [-0.1, -0.05) is 42.0 Å². The lowest BCUT2D eigenvalue weighted by molar-refractivity contribution is -0.135. The number of fused-ring (bicyclic) bond motifs is 1. The van der Waals surface area contributed by atoms with Crippen molar-refractivity contribution in [3.63, 3.8) is 0 Å². The molecule has 0 bridgehead atoms. The van der Waals surface area contributed by atoms with E-state index in [1.807, 2.05) is 40.2 Å². The van der Waals surface area contributed by atoms with Gasteiger partial charge in [-0.3, -0.25) is 14.5 Å². The van der Waals surface area contributed by atoms with Crippen molar-refractivity contribution in [2.45, 2.75) is 32.4 Å². The Morgan fingerprint density at radius 2 is 1.81 bits per heavy atom. The number of rotatable bonds is 5. The number of nitrogens with zero attached hydrogens (tertiary/aromatic N) is 3. The topological polar surface area (TPSA) is 53.1 Å². The molecule has 2 atom stereocenters. The Bertz CT molecular complexity index is 1240. The fourth-order valence-corrected chi connectivity index (χ4v) is 6.32. The van der Waals surface area contributed by atoms with Gasteiger partial charge >= 0.3 is 0 Å². The molecule has 7 heteroatoms. The molecular formula is C29H33N3O3S. The zero-order chi connectivity index (χ0) is 25.2. The van der Waals surface area contributed by atoms with Crippen LogP contribution in [0.25, 0.3) is 0 Å². The van der Waals surface area contributed by atoms with Crippen LogP contribution in [0.4, 0.5) is 0 Å². The van der Waals surface area contributed by atoms with Crippen LogP contribution in [0.2, 0.25) is 0 Å². The van der Waals surface area contributed by atoms with E-state index in [-0.39, 0.29) is 23.9 Å². The van der Waals surface area contributed by atoms with Crippen LogP contribution in [0.1, 0.15) is 44.9 Å². The Kier molecular flexibility index (Phi) is 7.12. The summed E-state index contributed by atoms with van der Waals surface area (Å²) < 4.78 is 5.39. The number of carbonyl (C=O) groups excluding carboxylic acids is 2. The third kappa shape index (κ3) is 4.77. The monoisotopic (exact) mass is 503 g/mol. The highest BCUT2D eigenvalue weighted by molar-refractivity contribution is 7.10. The molecule has 6 nitrogen and oxygen atoms in total. The van der Waals surface area contributed by atoms with Gasteiger partial charge in [-0.25, -0.2) is 0 Å². The van der Waals surface area contributed by atoms with Crippen LogP contribution in [-0.2, 0) is 11.2 Å². The number of hydrogen-bond acceptors (Lipinski definition) is 5. The molecule has 1 aromatic heterocycles. The maximum atomic E-state index is 13.5. The Morgan fingerprint density at radius 3 is 2.56 bits per heavy atom. The van der Waals surface area contributed by atoms with Crippen molar-refractivity contribution in [3.8, 4) is 5.75 Å². The molecule has 0 unspecified atom stereocenters. The molecule has 0 N–H and O–H groups in total. The number of methoxy groups -OCH3 is 1. The number of aryl methyl sites for hydroxylation is 1. The summed E-state index contributed by atoms with van der Waals surface area (Å²) in [6.45, 7) is 6.94. The van der Waals surface area contributed by atoms with Gasteiger partial charge < -0.3 is 14.5 Å². The highest BCUT2D eigenvalue weighted by Gasteiger charge is 2.35. The maximum Gasteiger partial charge on any atom is 0.257 e. The van der Waals surface area contributed by atoms with Gasteiger partial charge in [0.1, 0.15) is 5.75 Å². The summed E-state index contributed by atoms with van der Waals surface area (Å²) in [5, 5.41) is 2.16. The van der Waals surface area contributed by atoms with Crippen molar-refractivity contribution in [2.24, 2.45) is 0 Å². The summed E-state index contributed by atoms with van der Waals surface area (Å²) in [5.41, 5.74) is 4.35. The SMILES string of the molecule is COc1ccccc1C(=O)N1CCN(C(=O)CN2CCc3sccc3[C@@H]2c2ccc(C)cc2)C[C@@H]1C. The lowest BCUT2D eigenvalue weighted by Gasteiger charge is -2.42. The van der Waals surface area contributed by atoms with E-state index < -0.39 is 0 Å². The van der Waals surface area contributed by atoms with Crippen molar-refractivity contribution in [3.05, 3.63) is 87.1 Å². The van der Waals surface area contributed by atoms with Crippen LogP contribution in [0.15, 0.2) is 60.0 Å². The highest BCUT2D eigenvalue weighted by atomic mass is 32.1. The molecule has 0 radical (unpaired) electrons. The van der Waals surface area contributed by atoms with Gasteiger partial charge in [-0.15, -0.1) is 11.3 Å². The number of piperazine rings is 1. The van der Waals surface area contributed by atoms with Crippen LogP contribution < -0.4 is 4.74 Å². The van der Waals surface area contributed by atoms with Gasteiger partial charge in [0.25, 0.3) is 5.91 Å². The van der Waals surface area contributed by atoms with Gasteiger partial charge in [0.05, 0.1) is 25.3 Å². The molecular weight excluding hydrogens is 470 g/mol. The van der Waals surface area contributed by atoms with E-state index in [1.165, 1.54) is 21.6 Å². The molecule has 36 heavy (non-hydrogen) atoms. The van der Waals surface area contributed by atoms with Crippen molar-refractivity contribution in [1.82, 2.24) is 14.7 Å². The standard InChI is InChI=1S/C29H33N3O3S/c1-20-8-10-22(11-9-20)28-24-13-17-36-26(24)12-14-31(28)19-27(33)30-15-16-32(21(2)18-30)29(34)23-6-4-5-7-25(23)35-3/h4-11,13,17,21,28H,12,14-16,18-19H2,1-3H3/t21-,28-/m0/s1. The summed E-state index contributed by atoms with van der Waals surface area (Å²) in [7, 11) is 1.58. The van der Waals surface area contributed by atoms with Crippen molar-refractivity contribution in [1.29, 1.82) is 0 Å². The molecule has 188 valence electrons. The predicted molar refractivity (Wildman–Crippen MR) is 143 cm³/mol. The molecule has 2 aliphatic rings. The second-order valence-electron chi connectivity index (χ2n) is 9.72. The average Bonchev–Trinajstić information content (AvgIpc) is 3.37. The molecule has 5 rings (SSSR count). The average molecular weight is 504 g/mol. The lowest BCUT2D eigenvalue weighted by atomic mass is 9.92. The number of carbonyl (C=O) groups is 2. The fraction of sp³-hybridized carbons (Fsp3) is 0.379. The van der Waals surface area contributed by atoms with E-state index in [9.17, 15) is 9.59 Å². The van der Waals surface area contributed by atoms with Crippen LogP contribution >= 0.6 is 11.3 Å². The fourth-order valence-electron chi connectivity index (χ4n) is 5.41. The first-order valence-electron chi connectivity index (χ1n) is 12.5. The molecule has 1 saturated heterocycles. The summed E-state index contributed by atoms with van der Waals surface area (Å²) in [6, 6.07) is 18.2. The molecule has 1 fully saturated rings. The molecule has 0 spiro atoms. The van der Waals surface area contributed by atoms with E-state index in [4.69, 9.17) is 4.74 Å². The van der Waals surface area contributed by atoms with E-state index in [0.29, 0.717) is 37.5 Å². The number of benzene rings is 2. The molecule has 2 aromatic carbocycles. The van der Waals surface area contributed by atoms with Crippen LogP contribution in [0.5, 0.6) is 5.75 Å². The second kappa shape index (κ2) is 10.4. The number of ether oxygens (including phenoxy) is 1. The largest absolute Gasteiger partial charge is 0.496 e. The van der Waals surface area contributed by atoms with E-state index in [0.717, 1.165) is 13.0 Å². The number of para-hydroxylation sites is 1. The Labute approximate surface area is 217 Å². The highest BCUT2D eigenvalue weighted by Crippen LogP contribution is 2.37. The molecule has 0 aliphatic carbocycles. The molecule has 2 amide bonds. The zero-order valence-electron chi connectivity index (χ0n) is 21.1. The first-order valence-corrected chi connectivity index (χ1v) is 13.4. The Hall–Kier alpha value is -3.16. The van der Waals surface area contributed by atoms with E-state index >= 15 is 0 Å². The second-order valence-corrected chi connectivity index (χ2v) is 10.7. The zero-order valence-corrected chi connectivity index (χ0v) is 22.0. The summed E-state index contributed by atoms with van der Waals surface area (Å²) in [4.78, 5) is 34.3. The molecule has 2 aliphatic heterocycles. The quantitative estimate of drug-likeness (QED) is 0.518. The smallest absolute Gasteiger partial charge is 0.257 e. The van der Waals surface area contributed by atoms with E-state index in [2.05, 4.69) is 47.5 Å². The van der Waals surface area contributed by atoms with Gasteiger partial charge in [0.2, 0.25) is 5.91 Å². The van der Waals surface area contributed by atoms with Gasteiger partial charge in [-0.2, -0.15) is 0 Å². The van der Waals surface area contributed by atoms with E-state index in [1.54, 1.807) is 19.2 Å². The Morgan fingerprint density at radius 1 is 1.03 bits per heavy atom. The number of amides is 2. The Balaban J connectivity index is 1.28. The normalized spacial score (nSPS) is 20.2. The van der Waals surface area contributed by atoms with Gasteiger partial charge in [-0.05, 0) is 55.0 Å². The maximum absolute atomic E-state index is 13.5. The number of hydrogen-bond donors (Lipinski definition) is 0. The van der Waals surface area contributed by atoms with Gasteiger partial charge in [0.15, 0.2) is 0 Å². The summed E-state index contributed by atoms with van der Waals surface area (Å²) >= 11 is 1.81. The van der Waals surface area contributed by atoms with Crippen molar-refractivity contribution >= 4 is 23.2 Å². The third-order valence-corrected chi connectivity index (χ3v) is 8.37. The van der Waals surface area contributed by atoms with Crippen molar-refractivity contribution in [2.75, 3.05) is 39.8 Å². The first-order chi connectivity index (χ1) is 17.5. The molecule has 3 heterocycles. The lowest BCUT2D eigenvalue weighted by Crippen LogP contribution is -2.57. The summed E-state index contributed by atoms with van der Waals surface area (Å²) in [6.07, 6.45) is 0.972. The van der Waals surface area contributed by atoms with Crippen LogP contribution in [0, 0.1) is 6.92 Å². The minimum Gasteiger partial charge on any atom is -0.496 e. The predicted octanol–water partition coefficient (Wildman–Crippen LogP) is 4.39. The van der Waals surface area contributed by atoms with Gasteiger partial charge in [0, 0.05) is 37.1 Å². The summed E-state index contributed by atoms with van der Waals surface area (Å²) in [5.74, 6) is 0.655. The van der Waals surface area contributed by atoms with Crippen LogP contribution in [-0.4, -0.2) is 72.4 Å². The van der Waals surface area contributed by atoms with Crippen molar-refractivity contribution < 1.29 is 14.3 Å². The first kappa shape index (κ1) is 24.5. The minimum absolute atomic E-state index is 0.0486. The minimum atomic E-state index is -0.0714.